The molecule has 0 radical (unpaired) electrons. The second-order valence-electron chi connectivity index (χ2n) is 6.48. The minimum Gasteiger partial charge on any atom is -0.237 e. The van der Waals surface area contributed by atoms with Crippen molar-refractivity contribution in [1.29, 1.82) is 10.5 Å². The van der Waals surface area contributed by atoms with Crippen molar-refractivity contribution in [2.45, 2.75) is 0 Å². The van der Waals surface area contributed by atoms with E-state index in [0.717, 1.165) is 16.8 Å². The van der Waals surface area contributed by atoms with E-state index in [1.807, 2.05) is 42.5 Å². The molecule has 0 saturated carbocycles. The maximum absolute atomic E-state index is 8.89. The highest BCUT2D eigenvalue weighted by Gasteiger charge is 2.06. The van der Waals surface area contributed by atoms with Crippen molar-refractivity contribution in [1.82, 2.24) is 35.4 Å². The Morgan fingerprint density at radius 2 is 1.53 bits per heavy atom. The molecule has 0 spiro atoms. The van der Waals surface area contributed by atoms with Crippen LogP contribution in [0.25, 0.3) is 28.3 Å². The molecule has 0 atom stereocenters. The van der Waals surface area contributed by atoms with Crippen molar-refractivity contribution in [3.63, 3.8) is 0 Å². The first-order valence-corrected chi connectivity index (χ1v) is 9.47. The van der Waals surface area contributed by atoms with Gasteiger partial charge in [-0.3, -0.25) is 0 Å². The summed E-state index contributed by atoms with van der Waals surface area (Å²) in [7, 11) is 0. The minimum absolute atomic E-state index is 0.602. The molecule has 0 amide bonds. The SMILES string of the molecule is N#Cc1cccc(-c2cn(-c3ccccn3)nn2)c1.N#Cc1cccc(-c2cn[nH]n2)c1. The summed E-state index contributed by atoms with van der Waals surface area (Å²) in [6.45, 7) is 0. The molecule has 3 heterocycles. The first kappa shape index (κ1) is 20.1. The van der Waals surface area contributed by atoms with E-state index in [9.17, 15) is 0 Å². The van der Waals surface area contributed by atoms with Crippen LogP contribution >= 0.6 is 0 Å². The van der Waals surface area contributed by atoms with Crippen LogP contribution in [0, 0.1) is 22.7 Å². The Balaban J connectivity index is 0.000000165. The lowest BCUT2D eigenvalue weighted by Crippen LogP contribution is -1.96. The number of nitrogens with zero attached hydrogens (tertiary/aromatic N) is 8. The van der Waals surface area contributed by atoms with E-state index in [0.29, 0.717) is 22.6 Å². The molecule has 1 N–H and O–H groups in total. The van der Waals surface area contributed by atoms with Gasteiger partial charge in [-0.25, -0.2) is 9.67 Å². The van der Waals surface area contributed by atoms with E-state index in [4.69, 9.17) is 10.5 Å². The van der Waals surface area contributed by atoms with Crippen LogP contribution < -0.4 is 0 Å². The Hall–Kier alpha value is -5.15. The minimum atomic E-state index is 0.602. The van der Waals surface area contributed by atoms with Gasteiger partial charge in [0, 0.05) is 17.3 Å². The van der Waals surface area contributed by atoms with E-state index >= 15 is 0 Å². The van der Waals surface area contributed by atoms with Gasteiger partial charge < -0.3 is 0 Å². The summed E-state index contributed by atoms with van der Waals surface area (Å²) in [6.07, 6.45) is 5.11. The molecule has 9 nitrogen and oxygen atoms in total. The highest BCUT2D eigenvalue weighted by molar-refractivity contribution is 5.61. The standard InChI is InChI=1S/C14H9N5.C9H6N4/c15-9-11-4-3-5-12(8-11)13-10-19(18-17-13)14-6-1-2-7-16-14;10-5-7-2-1-3-8(4-7)9-6-11-13-12-9/h1-8,10H;1-4,6H,(H,11,12,13). The van der Waals surface area contributed by atoms with Crippen molar-refractivity contribution in [3.8, 4) is 40.5 Å². The lowest BCUT2D eigenvalue weighted by molar-refractivity contribution is 0.782. The molecule has 0 unspecified atom stereocenters. The Labute approximate surface area is 183 Å². The largest absolute Gasteiger partial charge is 0.237 e. The number of benzene rings is 2. The fraction of sp³-hybridized carbons (Fsp3) is 0. The third kappa shape index (κ3) is 4.70. The van der Waals surface area contributed by atoms with E-state index < -0.39 is 0 Å². The molecule has 0 saturated heterocycles. The Bertz CT molecular complexity index is 1390. The van der Waals surface area contributed by atoms with Gasteiger partial charge >= 0.3 is 0 Å². The average Bonchev–Trinajstić information content (AvgIpc) is 3.58. The van der Waals surface area contributed by atoms with Crippen molar-refractivity contribution in [2.75, 3.05) is 0 Å². The summed E-state index contributed by atoms with van der Waals surface area (Å²) in [5.41, 5.74) is 4.44. The molecule has 0 aliphatic heterocycles. The van der Waals surface area contributed by atoms with Crippen LogP contribution in [-0.4, -0.2) is 35.4 Å². The number of H-pyrrole nitrogens is 1. The van der Waals surface area contributed by atoms with Gasteiger partial charge in [0.2, 0.25) is 0 Å². The topological polar surface area (TPSA) is 133 Å². The molecule has 152 valence electrons. The highest BCUT2D eigenvalue weighted by Crippen LogP contribution is 2.18. The molecule has 0 fully saturated rings. The monoisotopic (exact) mass is 417 g/mol. The molecule has 32 heavy (non-hydrogen) atoms. The maximum atomic E-state index is 8.89. The van der Waals surface area contributed by atoms with Crippen LogP contribution in [0.3, 0.4) is 0 Å². The lowest BCUT2D eigenvalue weighted by atomic mass is 10.1. The van der Waals surface area contributed by atoms with Crippen molar-refractivity contribution in [3.05, 3.63) is 96.4 Å². The highest BCUT2D eigenvalue weighted by atomic mass is 15.4. The van der Waals surface area contributed by atoms with Crippen LogP contribution in [0.5, 0.6) is 0 Å². The zero-order valence-corrected chi connectivity index (χ0v) is 16.7. The quantitative estimate of drug-likeness (QED) is 0.474. The van der Waals surface area contributed by atoms with Crippen LogP contribution in [0.4, 0.5) is 0 Å². The number of hydrogen-bond donors (Lipinski definition) is 1. The molecule has 0 bridgehead atoms. The number of aromatic amines is 1. The Morgan fingerprint density at radius 1 is 0.812 bits per heavy atom. The summed E-state index contributed by atoms with van der Waals surface area (Å²) < 4.78 is 1.61. The molecule has 2 aromatic carbocycles. The number of nitrogens with one attached hydrogen (secondary N) is 1. The molecule has 5 rings (SSSR count). The summed E-state index contributed by atoms with van der Waals surface area (Å²) >= 11 is 0. The Morgan fingerprint density at radius 3 is 2.12 bits per heavy atom. The van der Waals surface area contributed by atoms with Gasteiger partial charge in [-0.15, -0.1) is 5.10 Å². The molecule has 9 heteroatoms. The van der Waals surface area contributed by atoms with Gasteiger partial charge in [-0.2, -0.15) is 25.9 Å². The predicted octanol–water partition coefficient (Wildman–Crippen LogP) is 3.54. The number of rotatable bonds is 3. The van der Waals surface area contributed by atoms with E-state index in [2.05, 4.69) is 42.8 Å². The molecule has 0 aliphatic rings. The van der Waals surface area contributed by atoms with Crippen LogP contribution in [-0.2, 0) is 0 Å². The summed E-state index contributed by atoms with van der Waals surface area (Å²) in [5, 5.41) is 35.8. The second-order valence-corrected chi connectivity index (χ2v) is 6.48. The van der Waals surface area contributed by atoms with Gasteiger partial charge in [-0.1, -0.05) is 35.5 Å². The summed E-state index contributed by atoms with van der Waals surface area (Å²) in [5.74, 6) is 0.706. The van der Waals surface area contributed by atoms with Gasteiger partial charge in [0.25, 0.3) is 0 Å². The molecule has 3 aromatic heterocycles. The van der Waals surface area contributed by atoms with Gasteiger partial charge in [0.05, 0.1) is 35.7 Å². The van der Waals surface area contributed by atoms with Crippen molar-refractivity contribution < 1.29 is 0 Å². The summed E-state index contributed by atoms with van der Waals surface area (Å²) in [6, 6.07) is 24.3. The van der Waals surface area contributed by atoms with Crippen molar-refractivity contribution in [2.24, 2.45) is 0 Å². The number of nitriles is 2. The van der Waals surface area contributed by atoms with Crippen LogP contribution in [0.15, 0.2) is 85.3 Å². The normalized spacial score (nSPS) is 9.81. The van der Waals surface area contributed by atoms with Crippen molar-refractivity contribution >= 4 is 0 Å². The molecule has 0 aliphatic carbocycles. The molecule has 5 aromatic rings. The number of pyridine rings is 1. The third-order valence-electron chi connectivity index (χ3n) is 4.37. The van der Waals surface area contributed by atoms with Gasteiger partial charge in [-0.05, 0) is 36.4 Å². The molecular formula is C23H15N9. The van der Waals surface area contributed by atoms with E-state index in [1.165, 1.54) is 0 Å². The smallest absolute Gasteiger partial charge is 0.155 e. The second kappa shape index (κ2) is 9.57. The summed E-state index contributed by atoms with van der Waals surface area (Å²) in [4.78, 5) is 4.20. The number of aromatic nitrogens is 7. The lowest BCUT2D eigenvalue weighted by Gasteiger charge is -1.97. The molecular weight excluding hydrogens is 402 g/mol. The van der Waals surface area contributed by atoms with Crippen LogP contribution in [0.1, 0.15) is 11.1 Å². The third-order valence-corrected chi connectivity index (χ3v) is 4.37. The average molecular weight is 417 g/mol. The maximum Gasteiger partial charge on any atom is 0.155 e. The van der Waals surface area contributed by atoms with E-state index in [1.54, 1.807) is 47.5 Å². The zero-order valence-electron chi connectivity index (χ0n) is 16.7. The Kier molecular flexibility index (Phi) is 6.02. The fourth-order valence-electron chi connectivity index (χ4n) is 2.83. The fourth-order valence-corrected chi connectivity index (χ4v) is 2.83. The predicted molar refractivity (Wildman–Crippen MR) is 116 cm³/mol. The van der Waals surface area contributed by atoms with Crippen LogP contribution in [0.2, 0.25) is 0 Å². The van der Waals surface area contributed by atoms with E-state index in [-0.39, 0.29) is 0 Å². The van der Waals surface area contributed by atoms with Gasteiger partial charge in [0.15, 0.2) is 5.82 Å². The first-order valence-electron chi connectivity index (χ1n) is 9.47. The zero-order chi connectivity index (χ0) is 22.2. The number of hydrogen-bond acceptors (Lipinski definition) is 7. The first-order chi connectivity index (χ1) is 15.8. The van der Waals surface area contributed by atoms with Gasteiger partial charge in [0.1, 0.15) is 11.4 Å².